The number of hydrogen-bond donors (Lipinski definition) is 3. The Morgan fingerprint density at radius 1 is 1.56 bits per heavy atom. The minimum absolute atomic E-state index is 0.00580. The fraction of sp³-hybridized carbons (Fsp3) is 0.364. The largest absolute Gasteiger partial charge is 0.496 e. The molecular formula is C11H14F2N2O3. The second kappa shape index (κ2) is 5.63. The molecule has 0 bridgehead atoms. The van der Waals surface area contributed by atoms with E-state index in [4.69, 9.17) is 15.6 Å². The van der Waals surface area contributed by atoms with Crippen molar-refractivity contribution in [2.24, 2.45) is 0 Å². The molecule has 5 nitrogen and oxygen atoms in total. The lowest BCUT2D eigenvalue weighted by Crippen LogP contribution is -2.39. The molecule has 0 saturated carbocycles. The van der Waals surface area contributed by atoms with Gasteiger partial charge >= 0.3 is 0 Å². The van der Waals surface area contributed by atoms with E-state index >= 15 is 0 Å². The number of nitrogen functional groups attached to an aromatic ring is 1. The third kappa shape index (κ3) is 3.30. The van der Waals surface area contributed by atoms with Gasteiger partial charge in [0.15, 0.2) is 0 Å². The number of anilines is 1. The molecule has 100 valence electrons. The zero-order valence-electron chi connectivity index (χ0n) is 9.74. The molecule has 1 rings (SSSR count). The number of carbonyl (C=O) groups excluding carboxylic acids is 1. The molecule has 0 fully saturated rings. The van der Waals surface area contributed by atoms with Crippen LogP contribution in [0, 0.1) is 0 Å². The highest BCUT2D eigenvalue weighted by Crippen LogP contribution is 2.24. The van der Waals surface area contributed by atoms with Gasteiger partial charge in [0, 0.05) is 5.69 Å². The standard InChI is InChI=1S/C11H14F2N2O3/c1-18-8-4-2-3-7(14)9(8)10(17)15-5-11(12,13)6-16/h2-4,16H,5-6,14H2,1H3,(H,15,17). The quantitative estimate of drug-likeness (QED) is 0.678. The number of aliphatic hydroxyl groups excluding tert-OH is 1. The Morgan fingerprint density at radius 3 is 2.78 bits per heavy atom. The Morgan fingerprint density at radius 2 is 2.22 bits per heavy atom. The maximum absolute atomic E-state index is 12.8. The van der Waals surface area contributed by atoms with Crippen LogP contribution in [0.15, 0.2) is 18.2 Å². The third-order valence-corrected chi connectivity index (χ3v) is 2.24. The topological polar surface area (TPSA) is 84.6 Å². The first kappa shape index (κ1) is 14.2. The van der Waals surface area contributed by atoms with E-state index in [1.54, 1.807) is 6.07 Å². The van der Waals surface area contributed by atoms with Crippen molar-refractivity contribution in [1.82, 2.24) is 5.32 Å². The van der Waals surface area contributed by atoms with E-state index in [1.807, 2.05) is 5.32 Å². The molecule has 0 atom stereocenters. The number of ether oxygens (including phenoxy) is 1. The smallest absolute Gasteiger partial charge is 0.287 e. The lowest BCUT2D eigenvalue weighted by molar-refractivity contribution is -0.0462. The molecule has 0 aliphatic heterocycles. The molecule has 0 unspecified atom stereocenters. The molecule has 1 amide bonds. The van der Waals surface area contributed by atoms with Crippen molar-refractivity contribution in [2.75, 3.05) is 26.0 Å². The van der Waals surface area contributed by atoms with E-state index in [0.29, 0.717) is 0 Å². The minimum Gasteiger partial charge on any atom is -0.496 e. The van der Waals surface area contributed by atoms with Crippen LogP contribution >= 0.6 is 0 Å². The second-order valence-electron chi connectivity index (χ2n) is 3.62. The number of nitrogens with two attached hydrogens (primary N) is 1. The molecule has 4 N–H and O–H groups in total. The summed E-state index contributed by atoms with van der Waals surface area (Å²) in [7, 11) is 1.34. The van der Waals surface area contributed by atoms with E-state index in [9.17, 15) is 13.6 Å². The first-order valence-electron chi connectivity index (χ1n) is 5.10. The van der Waals surface area contributed by atoms with Crippen LogP contribution in [0.3, 0.4) is 0 Å². The fourth-order valence-corrected chi connectivity index (χ4v) is 1.32. The van der Waals surface area contributed by atoms with E-state index in [-0.39, 0.29) is 17.0 Å². The van der Waals surface area contributed by atoms with Gasteiger partial charge in [-0.2, -0.15) is 0 Å². The van der Waals surface area contributed by atoms with Crippen LogP contribution in [0.1, 0.15) is 10.4 Å². The summed E-state index contributed by atoms with van der Waals surface area (Å²) >= 11 is 0. The van der Waals surface area contributed by atoms with Crippen LogP contribution < -0.4 is 15.8 Å². The van der Waals surface area contributed by atoms with Crippen LogP contribution in [0.25, 0.3) is 0 Å². The van der Waals surface area contributed by atoms with Crippen LogP contribution in [-0.2, 0) is 0 Å². The Bertz CT molecular complexity index is 438. The summed E-state index contributed by atoms with van der Waals surface area (Å²) in [5.74, 6) is -3.95. The molecule has 0 saturated heterocycles. The number of methoxy groups -OCH3 is 1. The predicted molar refractivity (Wildman–Crippen MR) is 61.8 cm³/mol. The summed E-state index contributed by atoms with van der Waals surface area (Å²) in [6.45, 7) is -2.31. The summed E-state index contributed by atoms with van der Waals surface area (Å²) < 4.78 is 30.5. The Labute approximate surface area is 103 Å². The number of benzene rings is 1. The zero-order chi connectivity index (χ0) is 13.8. The van der Waals surface area contributed by atoms with Gasteiger partial charge in [-0.15, -0.1) is 0 Å². The third-order valence-electron chi connectivity index (χ3n) is 2.24. The summed E-state index contributed by atoms with van der Waals surface area (Å²) in [4.78, 5) is 11.7. The summed E-state index contributed by atoms with van der Waals surface area (Å²) in [5.41, 5.74) is 5.71. The van der Waals surface area contributed by atoms with Crippen LogP contribution in [-0.4, -0.2) is 37.2 Å². The SMILES string of the molecule is COc1cccc(N)c1C(=O)NCC(F)(F)CO. The lowest BCUT2D eigenvalue weighted by Gasteiger charge is -2.15. The van der Waals surface area contributed by atoms with Gasteiger partial charge in [0.2, 0.25) is 0 Å². The summed E-state index contributed by atoms with van der Waals surface area (Å²) in [6.07, 6.45) is 0. The molecule has 0 spiro atoms. The van der Waals surface area contributed by atoms with Gasteiger partial charge in [-0.1, -0.05) is 6.07 Å². The first-order chi connectivity index (χ1) is 8.41. The Kier molecular flexibility index (Phi) is 4.43. The van der Waals surface area contributed by atoms with Crippen molar-refractivity contribution in [1.29, 1.82) is 0 Å². The van der Waals surface area contributed by atoms with Crippen molar-refractivity contribution in [3.8, 4) is 5.75 Å². The molecule has 0 heterocycles. The normalized spacial score (nSPS) is 11.1. The molecule has 0 aliphatic rings. The van der Waals surface area contributed by atoms with Crippen molar-refractivity contribution in [3.05, 3.63) is 23.8 Å². The lowest BCUT2D eigenvalue weighted by atomic mass is 10.1. The van der Waals surface area contributed by atoms with Gasteiger partial charge in [-0.05, 0) is 12.1 Å². The minimum atomic E-state index is -3.37. The Balaban J connectivity index is 2.85. The average molecular weight is 260 g/mol. The zero-order valence-corrected chi connectivity index (χ0v) is 9.74. The van der Waals surface area contributed by atoms with Gasteiger partial charge in [0.25, 0.3) is 11.8 Å². The van der Waals surface area contributed by atoms with Crippen LogP contribution in [0.2, 0.25) is 0 Å². The maximum Gasteiger partial charge on any atom is 0.287 e. The van der Waals surface area contributed by atoms with E-state index in [0.717, 1.165) is 0 Å². The van der Waals surface area contributed by atoms with Crippen molar-refractivity contribution < 1.29 is 23.4 Å². The van der Waals surface area contributed by atoms with Crippen molar-refractivity contribution >= 4 is 11.6 Å². The fourth-order valence-electron chi connectivity index (χ4n) is 1.32. The highest BCUT2D eigenvalue weighted by atomic mass is 19.3. The van der Waals surface area contributed by atoms with Gasteiger partial charge < -0.3 is 20.9 Å². The molecule has 0 radical (unpaired) electrons. The van der Waals surface area contributed by atoms with Crippen LogP contribution in [0.5, 0.6) is 5.75 Å². The number of rotatable bonds is 5. The number of amides is 1. The number of nitrogens with one attached hydrogen (secondary N) is 1. The predicted octanol–water partition coefficient (Wildman–Crippen LogP) is 0.635. The summed E-state index contributed by atoms with van der Waals surface area (Å²) in [6, 6.07) is 4.53. The van der Waals surface area contributed by atoms with Gasteiger partial charge in [0.05, 0.1) is 13.7 Å². The second-order valence-corrected chi connectivity index (χ2v) is 3.62. The number of hydrogen-bond acceptors (Lipinski definition) is 4. The van der Waals surface area contributed by atoms with E-state index in [2.05, 4.69) is 0 Å². The molecule has 1 aromatic carbocycles. The molecule has 7 heteroatoms. The van der Waals surface area contributed by atoms with Gasteiger partial charge in [-0.25, -0.2) is 8.78 Å². The number of halogens is 2. The van der Waals surface area contributed by atoms with E-state index in [1.165, 1.54) is 19.2 Å². The molecule has 18 heavy (non-hydrogen) atoms. The molecule has 0 aromatic heterocycles. The number of carbonyl (C=O) groups is 1. The highest BCUT2D eigenvalue weighted by Gasteiger charge is 2.29. The number of aliphatic hydroxyl groups is 1. The van der Waals surface area contributed by atoms with Gasteiger partial charge in [0.1, 0.15) is 17.9 Å². The molecule has 0 aliphatic carbocycles. The molecule has 1 aromatic rings. The van der Waals surface area contributed by atoms with Crippen molar-refractivity contribution in [2.45, 2.75) is 5.92 Å². The molecular weight excluding hydrogens is 246 g/mol. The Hall–Kier alpha value is -1.89. The number of alkyl halides is 2. The monoisotopic (exact) mass is 260 g/mol. The van der Waals surface area contributed by atoms with Crippen molar-refractivity contribution in [3.63, 3.8) is 0 Å². The highest BCUT2D eigenvalue weighted by molar-refractivity contribution is 6.01. The summed E-state index contributed by atoms with van der Waals surface area (Å²) in [5, 5.41) is 10.4. The average Bonchev–Trinajstić information content (AvgIpc) is 2.35. The van der Waals surface area contributed by atoms with Crippen LogP contribution in [0.4, 0.5) is 14.5 Å². The van der Waals surface area contributed by atoms with Gasteiger partial charge in [-0.3, -0.25) is 4.79 Å². The first-order valence-corrected chi connectivity index (χ1v) is 5.10. The maximum atomic E-state index is 12.8. The van der Waals surface area contributed by atoms with E-state index < -0.39 is 25.0 Å².